The lowest BCUT2D eigenvalue weighted by Gasteiger charge is -2.15. The lowest BCUT2D eigenvalue weighted by atomic mass is 10.1. The van der Waals surface area contributed by atoms with Gasteiger partial charge in [0.15, 0.2) is 0 Å². The Balaban J connectivity index is 2.68. The van der Waals surface area contributed by atoms with Crippen LogP contribution >= 0.6 is 28.6 Å². The van der Waals surface area contributed by atoms with Crippen LogP contribution < -0.4 is 4.74 Å². The largest absolute Gasteiger partial charge is 0.493 e. The fraction of sp³-hybridized carbons (Fsp3) is 0.538. The summed E-state index contributed by atoms with van der Waals surface area (Å²) < 4.78 is 6.96. The van der Waals surface area contributed by atoms with E-state index in [1.165, 1.54) is 15.6 Å². The molecule has 1 nitrogen and oxygen atoms in total. The first-order chi connectivity index (χ1) is 7.58. The number of thiol groups is 1. The van der Waals surface area contributed by atoms with E-state index in [0.29, 0.717) is 5.92 Å². The van der Waals surface area contributed by atoms with Gasteiger partial charge in [-0.1, -0.05) is 22.9 Å². The standard InChI is InChI=1S/C13H19BrOS/c1-4-11(8-16)7-15-12-5-9(2)13(14)10(3)6-12/h5-6,11,16H,4,7-8H2,1-3H3. The van der Waals surface area contributed by atoms with E-state index in [0.717, 1.165) is 24.5 Å². The summed E-state index contributed by atoms with van der Waals surface area (Å²) in [4.78, 5) is 0. The van der Waals surface area contributed by atoms with Gasteiger partial charge in [-0.05, 0) is 49.3 Å². The van der Waals surface area contributed by atoms with Gasteiger partial charge in [-0.25, -0.2) is 0 Å². The third kappa shape index (κ3) is 3.70. The molecular weight excluding hydrogens is 284 g/mol. The summed E-state index contributed by atoms with van der Waals surface area (Å²) in [6.07, 6.45) is 1.11. The van der Waals surface area contributed by atoms with Crippen LogP contribution in [-0.4, -0.2) is 12.4 Å². The SMILES string of the molecule is CCC(CS)COc1cc(C)c(Br)c(C)c1. The van der Waals surface area contributed by atoms with Crippen molar-refractivity contribution in [1.82, 2.24) is 0 Å². The summed E-state index contributed by atoms with van der Waals surface area (Å²) in [5, 5.41) is 0. The highest BCUT2D eigenvalue weighted by atomic mass is 79.9. The third-order valence-electron chi connectivity index (χ3n) is 2.73. The second-order valence-electron chi connectivity index (χ2n) is 4.14. The van der Waals surface area contributed by atoms with Crippen molar-refractivity contribution < 1.29 is 4.74 Å². The molecule has 0 saturated heterocycles. The van der Waals surface area contributed by atoms with Crippen LogP contribution in [0.1, 0.15) is 24.5 Å². The molecule has 90 valence electrons. The molecule has 0 aliphatic rings. The van der Waals surface area contributed by atoms with Crippen molar-refractivity contribution in [2.24, 2.45) is 5.92 Å². The maximum atomic E-state index is 5.80. The van der Waals surface area contributed by atoms with Crippen molar-refractivity contribution in [1.29, 1.82) is 0 Å². The minimum Gasteiger partial charge on any atom is -0.493 e. The van der Waals surface area contributed by atoms with Crippen LogP contribution in [0.4, 0.5) is 0 Å². The Bertz CT molecular complexity index is 325. The molecule has 1 aromatic carbocycles. The Morgan fingerprint density at radius 3 is 2.31 bits per heavy atom. The Kier molecular flexibility index (Phi) is 5.70. The van der Waals surface area contributed by atoms with Crippen molar-refractivity contribution in [3.8, 4) is 5.75 Å². The molecule has 0 saturated carbocycles. The van der Waals surface area contributed by atoms with Gasteiger partial charge in [-0.2, -0.15) is 12.6 Å². The van der Waals surface area contributed by atoms with Crippen LogP contribution in [0.15, 0.2) is 16.6 Å². The van der Waals surface area contributed by atoms with E-state index in [4.69, 9.17) is 4.74 Å². The fourth-order valence-corrected chi connectivity index (χ4v) is 2.10. The first kappa shape index (κ1) is 13.9. The molecular formula is C13H19BrOS. The Morgan fingerprint density at radius 1 is 1.31 bits per heavy atom. The number of aryl methyl sites for hydroxylation is 2. The van der Waals surface area contributed by atoms with Gasteiger partial charge < -0.3 is 4.74 Å². The number of halogens is 1. The van der Waals surface area contributed by atoms with Crippen molar-refractivity contribution >= 4 is 28.6 Å². The number of ether oxygens (including phenoxy) is 1. The molecule has 0 amide bonds. The fourth-order valence-electron chi connectivity index (χ4n) is 1.50. The van der Waals surface area contributed by atoms with Crippen molar-refractivity contribution in [2.75, 3.05) is 12.4 Å². The zero-order valence-corrected chi connectivity index (χ0v) is 12.6. The van der Waals surface area contributed by atoms with Crippen LogP contribution in [0.3, 0.4) is 0 Å². The van der Waals surface area contributed by atoms with Gasteiger partial charge >= 0.3 is 0 Å². The van der Waals surface area contributed by atoms with Crippen molar-refractivity contribution in [3.05, 3.63) is 27.7 Å². The van der Waals surface area contributed by atoms with Gasteiger partial charge in [0.05, 0.1) is 6.61 Å². The second kappa shape index (κ2) is 6.55. The molecule has 0 aromatic heterocycles. The van der Waals surface area contributed by atoms with Gasteiger partial charge in [0, 0.05) is 10.4 Å². The second-order valence-corrected chi connectivity index (χ2v) is 5.30. The normalized spacial score (nSPS) is 12.6. The van der Waals surface area contributed by atoms with Gasteiger partial charge in [0.2, 0.25) is 0 Å². The van der Waals surface area contributed by atoms with Crippen molar-refractivity contribution in [2.45, 2.75) is 27.2 Å². The molecule has 0 bridgehead atoms. The van der Waals surface area contributed by atoms with E-state index >= 15 is 0 Å². The van der Waals surface area contributed by atoms with Crippen LogP contribution in [0, 0.1) is 19.8 Å². The smallest absolute Gasteiger partial charge is 0.119 e. The van der Waals surface area contributed by atoms with E-state index in [-0.39, 0.29) is 0 Å². The predicted octanol–water partition coefficient (Wildman–Crippen LogP) is 4.40. The molecule has 0 radical (unpaired) electrons. The highest BCUT2D eigenvalue weighted by Crippen LogP contribution is 2.26. The molecule has 0 heterocycles. The summed E-state index contributed by atoms with van der Waals surface area (Å²) in [5.74, 6) is 2.37. The van der Waals surface area contributed by atoms with E-state index in [2.05, 4.69) is 61.5 Å². The van der Waals surface area contributed by atoms with Crippen molar-refractivity contribution in [3.63, 3.8) is 0 Å². The Morgan fingerprint density at radius 2 is 1.88 bits per heavy atom. The monoisotopic (exact) mass is 302 g/mol. The molecule has 1 rings (SSSR count). The van der Waals surface area contributed by atoms with E-state index in [1.807, 2.05) is 0 Å². The van der Waals surface area contributed by atoms with Gasteiger partial charge in [-0.3, -0.25) is 0 Å². The molecule has 0 aliphatic carbocycles. The number of hydrogen-bond acceptors (Lipinski definition) is 2. The minimum absolute atomic E-state index is 0.535. The average molecular weight is 303 g/mol. The highest BCUT2D eigenvalue weighted by molar-refractivity contribution is 9.10. The topological polar surface area (TPSA) is 9.23 Å². The molecule has 16 heavy (non-hydrogen) atoms. The molecule has 1 aromatic rings. The van der Waals surface area contributed by atoms with Gasteiger partial charge in [0.25, 0.3) is 0 Å². The molecule has 0 N–H and O–H groups in total. The molecule has 0 aliphatic heterocycles. The van der Waals surface area contributed by atoms with E-state index in [9.17, 15) is 0 Å². The van der Waals surface area contributed by atoms with Crippen LogP contribution in [0.25, 0.3) is 0 Å². The predicted molar refractivity (Wildman–Crippen MR) is 76.7 cm³/mol. The molecule has 0 spiro atoms. The van der Waals surface area contributed by atoms with Gasteiger partial charge in [-0.15, -0.1) is 0 Å². The molecule has 3 heteroatoms. The average Bonchev–Trinajstić information content (AvgIpc) is 2.27. The molecule has 1 atom stereocenters. The first-order valence-corrected chi connectivity index (χ1v) is 7.01. The maximum absolute atomic E-state index is 5.80. The van der Waals surface area contributed by atoms with Crippen LogP contribution in [0.5, 0.6) is 5.75 Å². The minimum atomic E-state index is 0.535. The summed E-state index contributed by atoms with van der Waals surface area (Å²) >= 11 is 7.86. The van der Waals surface area contributed by atoms with E-state index < -0.39 is 0 Å². The number of hydrogen-bond donors (Lipinski definition) is 1. The van der Waals surface area contributed by atoms with Gasteiger partial charge in [0.1, 0.15) is 5.75 Å². The summed E-state index contributed by atoms with van der Waals surface area (Å²) in [6, 6.07) is 4.14. The van der Waals surface area contributed by atoms with E-state index in [1.54, 1.807) is 0 Å². The first-order valence-electron chi connectivity index (χ1n) is 5.58. The zero-order chi connectivity index (χ0) is 12.1. The summed E-state index contributed by atoms with van der Waals surface area (Å²) in [6.45, 7) is 7.09. The Labute approximate surface area is 112 Å². The number of rotatable bonds is 5. The Hall–Kier alpha value is -0.150. The third-order valence-corrected chi connectivity index (χ3v) is 4.50. The quantitative estimate of drug-likeness (QED) is 0.793. The van der Waals surface area contributed by atoms with Crippen LogP contribution in [-0.2, 0) is 0 Å². The molecule has 1 unspecified atom stereocenters. The summed E-state index contributed by atoms with van der Waals surface area (Å²) in [5.41, 5.74) is 2.43. The van der Waals surface area contributed by atoms with Crippen LogP contribution in [0.2, 0.25) is 0 Å². The highest BCUT2D eigenvalue weighted by Gasteiger charge is 2.07. The lowest BCUT2D eigenvalue weighted by Crippen LogP contribution is -2.12. The number of benzene rings is 1. The summed E-state index contributed by atoms with van der Waals surface area (Å²) in [7, 11) is 0. The zero-order valence-electron chi connectivity index (χ0n) is 10.1. The lowest BCUT2D eigenvalue weighted by molar-refractivity contribution is 0.259. The molecule has 0 fully saturated rings. The maximum Gasteiger partial charge on any atom is 0.119 e.